The summed E-state index contributed by atoms with van der Waals surface area (Å²) in [5, 5.41) is 4.75. The van der Waals surface area contributed by atoms with Crippen molar-refractivity contribution in [1.29, 1.82) is 0 Å². The molecule has 5 heteroatoms. The molecule has 0 aliphatic heterocycles. The Balaban J connectivity index is 2.55. The molecule has 1 rings (SSSR count). The van der Waals surface area contributed by atoms with E-state index in [0.717, 1.165) is 12.8 Å². The van der Waals surface area contributed by atoms with Crippen LogP contribution in [0.25, 0.3) is 0 Å². The van der Waals surface area contributed by atoms with E-state index in [9.17, 15) is 4.79 Å². The van der Waals surface area contributed by atoms with Crippen molar-refractivity contribution in [3.63, 3.8) is 0 Å². The van der Waals surface area contributed by atoms with E-state index in [2.05, 4.69) is 43.1 Å². The molecule has 1 N–H and O–H groups in total. The predicted molar refractivity (Wildman–Crippen MR) is 76.0 cm³/mol. The van der Waals surface area contributed by atoms with E-state index in [1.807, 2.05) is 0 Å². The average molecular weight is 269 g/mol. The maximum atomic E-state index is 11.8. The summed E-state index contributed by atoms with van der Waals surface area (Å²) < 4.78 is 0. The Morgan fingerprint density at radius 1 is 1.44 bits per heavy atom. The minimum atomic E-state index is -0.0749. The normalized spacial score (nSPS) is 13.0. The molecule has 0 aliphatic carbocycles. The number of hydrogen-bond donors (Lipinski definition) is 1. The van der Waals surface area contributed by atoms with Crippen LogP contribution in [-0.2, 0) is 0 Å². The topological polar surface area (TPSA) is 45.2 Å². The van der Waals surface area contributed by atoms with Crippen LogP contribution in [0.2, 0.25) is 0 Å². The van der Waals surface area contributed by atoms with Gasteiger partial charge in [-0.15, -0.1) is 11.3 Å². The number of thiazole rings is 1. The molecule has 1 aromatic heterocycles. The van der Waals surface area contributed by atoms with Crippen molar-refractivity contribution in [2.45, 2.75) is 32.7 Å². The number of hydrogen-bond acceptors (Lipinski definition) is 4. The second kappa shape index (κ2) is 7.48. The second-order valence-electron chi connectivity index (χ2n) is 4.69. The van der Waals surface area contributed by atoms with Crippen molar-refractivity contribution in [1.82, 2.24) is 15.2 Å². The van der Waals surface area contributed by atoms with Crippen LogP contribution in [0.5, 0.6) is 0 Å². The Kier molecular flexibility index (Phi) is 6.29. The van der Waals surface area contributed by atoms with Gasteiger partial charge in [0.25, 0.3) is 5.91 Å². The van der Waals surface area contributed by atoms with Crippen LogP contribution in [0.15, 0.2) is 10.9 Å². The van der Waals surface area contributed by atoms with Gasteiger partial charge in [-0.25, -0.2) is 4.98 Å². The van der Waals surface area contributed by atoms with Crippen molar-refractivity contribution in [3.8, 4) is 0 Å². The SMILES string of the molecule is CCC(CC)C(CNC(=O)c1cscn1)N(C)C. The number of likely N-dealkylation sites (N-methyl/N-ethyl adjacent to an activating group) is 1. The quantitative estimate of drug-likeness (QED) is 0.825. The summed E-state index contributed by atoms with van der Waals surface area (Å²) in [6.07, 6.45) is 2.26. The van der Waals surface area contributed by atoms with Gasteiger partial charge in [0.1, 0.15) is 5.69 Å². The standard InChI is InChI=1S/C13H23N3OS/c1-5-10(6-2)12(16(3)4)7-14-13(17)11-8-18-9-15-11/h8-10,12H,5-7H2,1-4H3,(H,14,17). The fourth-order valence-electron chi connectivity index (χ4n) is 2.22. The molecule has 1 amide bonds. The summed E-state index contributed by atoms with van der Waals surface area (Å²) in [4.78, 5) is 18.1. The maximum absolute atomic E-state index is 11.8. The number of nitrogens with zero attached hydrogens (tertiary/aromatic N) is 2. The van der Waals surface area contributed by atoms with E-state index >= 15 is 0 Å². The summed E-state index contributed by atoms with van der Waals surface area (Å²) in [7, 11) is 4.13. The lowest BCUT2D eigenvalue weighted by Crippen LogP contribution is -2.44. The van der Waals surface area contributed by atoms with Gasteiger partial charge in [-0.2, -0.15) is 0 Å². The van der Waals surface area contributed by atoms with Gasteiger partial charge in [-0.3, -0.25) is 4.79 Å². The molecule has 102 valence electrons. The fourth-order valence-corrected chi connectivity index (χ4v) is 2.75. The Labute approximate surface area is 113 Å². The maximum Gasteiger partial charge on any atom is 0.270 e. The zero-order valence-electron chi connectivity index (χ0n) is 11.6. The highest BCUT2D eigenvalue weighted by Gasteiger charge is 2.21. The van der Waals surface area contributed by atoms with Crippen LogP contribution in [0, 0.1) is 5.92 Å². The van der Waals surface area contributed by atoms with Gasteiger partial charge in [0.15, 0.2) is 0 Å². The molecule has 1 atom stereocenters. The number of aromatic nitrogens is 1. The Bertz CT molecular complexity index is 347. The van der Waals surface area contributed by atoms with Gasteiger partial charge in [-0.05, 0) is 20.0 Å². The molecule has 0 saturated carbocycles. The molecule has 1 heterocycles. The largest absolute Gasteiger partial charge is 0.349 e. The summed E-state index contributed by atoms with van der Waals surface area (Å²) in [5.41, 5.74) is 2.20. The van der Waals surface area contributed by atoms with Crippen LogP contribution in [0.3, 0.4) is 0 Å². The molecule has 1 aromatic rings. The minimum absolute atomic E-state index is 0.0749. The first kappa shape index (κ1) is 15.1. The molecular formula is C13H23N3OS. The third kappa shape index (κ3) is 4.07. The number of amides is 1. The van der Waals surface area contributed by atoms with Crippen molar-refractivity contribution in [3.05, 3.63) is 16.6 Å². The Morgan fingerprint density at radius 2 is 2.11 bits per heavy atom. The fraction of sp³-hybridized carbons (Fsp3) is 0.692. The van der Waals surface area contributed by atoms with Crippen LogP contribution >= 0.6 is 11.3 Å². The first-order valence-electron chi connectivity index (χ1n) is 6.42. The van der Waals surface area contributed by atoms with E-state index in [0.29, 0.717) is 24.2 Å². The zero-order valence-corrected chi connectivity index (χ0v) is 12.5. The third-order valence-electron chi connectivity index (χ3n) is 3.39. The molecule has 0 saturated heterocycles. The first-order chi connectivity index (χ1) is 8.60. The van der Waals surface area contributed by atoms with E-state index in [1.54, 1.807) is 10.9 Å². The van der Waals surface area contributed by atoms with Gasteiger partial charge < -0.3 is 10.2 Å². The lowest BCUT2D eigenvalue weighted by atomic mass is 9.93. The van der Waals surface area contributed by atoms with Crippen molar-refractivity contribution in [2.75, 3.05) is 20.6 Å². The van der Waals surface area contributed by atoms with Crippen LogP contribution < -0.4 is 5.32 Å². The molecular weight excluding hydrogens is 246 g/mol. The van der Waals surface area contributed by atoms with Gasteiger partial charge in [-0.1, -0.05) is 26.7 Å². The van der Waals surface area contributed by atoms with Crippen molar-refractivity contribution >= 4 is 17.2 Å². The smallest absolute Gasteiger partial charge is 0.270 e. The molecule has 0 fully saturated rings. The van der Waals surface area contributed by atoms with Gasteiger partial charge in [0.2, 0.25) is 0 Å². The number of carbonyl (C=O) groups excluding carboxylic acids is 1. The van der Waals surface area contributed by atoms with Crippen LogP contribution in [0.1, 0.15) is 37.2 Å². The van der Waals surface area contributed by atoms with Gasteiger partial charge >= 0.3 is 0 Å². The average Bonchev–Trinajstić information content (AvgIpc) is 2.87. The molecule has 4 nitrogen and oxygen atoms in total. The van der Waals surface area contributed by atoms with Gasteiger partial charge in [0, 0.05) is 18.0 Å². The van der Waals surface area contributed by atoms with E-state index < -0.39 is 0 Å². The highest BCUT2D eigenvalue weighted by Crippen LogP contribution is 2.16. The monoisotopic (exact) mass is 269 g/mol. The van der Waals surface area contributed by atoms with Crippen molar-refractivity contribution in [2.24, 2.45) is 5.92 Å². The molecule has 0 aliphatic rings. The molecule has 0 radical (unpaired) electrons. The number of rotatable bonds is 7. The first-order valence-corrected chi connectivity index (χ1v) is 7.37. The lowest BCUT2D eigenvalue weighted by Gasteiger charge is -2.31. The van der Waals surface area contributed by atoms with E-state index in [4.69, 9.17) is 0 Å². The number of nitrogens with one attached hydrogen (secondary N) is 1. The van der Waals surface area contributed by atoms with Crippen LogP contribution in [0.4, 0.5) is 0 Å². The lowest BCUT2D eigenvalue weighted by molar-refractivity contribution is 0.0924. The summed E-state index contributed by atoms with van der Waals surface area (Å²) in [5.74, 6) is 0.532. The molecule has 0 spiro atoms. The third-order valence-corrected chi connectivity index (χ3v) is 3.98. The Hall–Kier alpha value is -0.940. The summed E-state index contributed by atoms with van der Waals surface area (Å²) >= 11 is 1.44. The molecule has 0 bridgehead atoms. The summed E-state index contributed by atoms with van der Waals surface area (Å²) in [6, 6.07) is 0.377. The highest BCUT2D eigenvalue weighted by atomic mass is 32.1. The minimum Gasteiger partial charge on any atom is -0.349 e. The van der Waals surface area contributed by atoms with Crippen molar-refractivity contribution < 1.29 is 4.79 Å². The molecule has 0 aromatic carbocycles. The van der Waals surface area contributed by atoms with E-state index in [-0.39, 0.29) is 5.91 Å². The number of carbonyl (C=O) groups is 1. The van der Waals surface area contributed by atoms with Gasteiger partial charge in [0.05, 0.1) is 5.51 Å². The Morgan fingerprint density at radius 3 is 2.56 bits per heavy atom. The summed E-state index contributed by atoms with van der Waals surface area (Å²) in [6.45, 7) is 5.08. The van der Waals surface area contributed by atoms with E-state index in [1.165, 1.54) is 11.3 Å². The highest BCUT2D eigenvalue weighted by molar-refractivity contribution is 7.07. The molecule has 1 unspecified atom stereocenters. The predicted octanol–water partition coefficient (Wildman–Crippen LogP) is 2.24. The molecule has 18 heavy (non-hydrogen) atoms. The van der Waals surface area contributed by atoms with Crippen LogP contribution in [-0.4, -0.2) is 42.5 Å². The zero-order chi connectivity index (χ0) is 13.5. The second-order valence-corrected chi connectivity index (χ2v) is 5.41.